The molecule has 3 nitrogen and oxygen atoms in total. The van der Waals surface area contributed by atoms with Crippen LogP contribution in [-0.2, 0) is 0 Å². The van der Waals surface area contributed by atoms with Crippen LogP contribution in [-0.4, -0.2) is 10.2 Å². The summed E-state index contributed by atoms with van der Waals surface area (Å²) >= 11 is 5.80. The van der Waals surface area contributed by atoms with Crippen LogP contribution in [0.25, 0.3) is 11.3 Å². The largest absolute Gasteiger partial charge is 0.399 e. The zero-order valence-electron chi connectivity index (χ0n) is 8.24. The van der Waals surface area contributed by atoms with E-state index in [4.69, 9.17) is 17.3 Å². The molecule has 1 aromatic carbocycles. The first kappa shape index (κ1) is 9.93. The Morgan fingerprint density at radius 1 is 1.13 bits per heavy atom. The minimum absolute atomic E-state index is 0.439. The van der Waals surface area contributed by atoms with Crippen LogP contribution in [0.5, 0.6) is 0 Å². The molecule has 0 amide bonds. The summed E-state index contributed by atoms with van der Waals surface area (Å²) in [6, 6.07) is 9.39. The molecule has 0 aliphatic heterocycles. The van der Waals surface area contributed by atoms with Gasteiger partial charge in [-0.05, 0) is 30.7 Å². The van der Waals surface area contributed by atoms with E-state index < -0.39 is 0 Å². The van der Waals surface area contributed by atoms with Crippen molar-refractivity contribution in [1.82, 2.24) is 10.2 Å². The summed E-state index contributed by atoms with van der Waals surface area (Å²) in [7, 11) is 0. The first-order chi connectivity index (χ1) is 7.16. The monoisotopic (exact) mass is 219 g/mol. The first-order valence-corrected chi connectivity index (χ1v) is 4.90. The van der Waals surface area contributed by atoms with Crippen molar-refractivity contribution in [3.8, 4) is 11.3 Å². The second kappa shape index (κ2) is 3.87. The molecule has 2 rings (SSSR count). The molecular weight excluding hydrogens is 210 g/mol. The Morgan fingerprint density at radius 3 is 2.40 bits per heavy atom. The van der Waals surface area contributed by atoms with E-state index in [9.17, 15) is 0 Å². The Bertz CT molecular complexity index is 480. The van der Waals surface area contributed by atoms with E-state index in [1.165, 1.54) is 0 Å². The van der Waals surface area contributed by atoms with Gasteiger partial charge in [-0.1, -0.05) is 23.7 Å². The van der Waals surface area contributed by atoms with E-state index in [1.807, 2.05) is 37.3 Å². The molecule has 0 aliphatic carbocycles. The summed E-state index contributed by atoms with van der Waals surface area (Å²) in [5.74, 6) is 0. The highest BCUT2D eigenvalue weighted by molar-refractivity contribution is 6.30. The molecular formula is C11H10ClN3. The maximum Gasteiger partial charge on any atom is 0.154 e. The van der Waals surface area contributed by atoms with Gasteiger partial charge in [0, 0.05) is 11.3 Å². The number of benzene rings is 1. The predicted octanol–water partition coefficient (Wildman–Crippen LogP) is 2.69. The Hall–Kier alpha value is -1.61. The lowest BCUT2D eigenvalue weighted by Gasteiger charge is -2.02. The van der Waals surface area contributed by atoms with Gasteiger partial charge in [0.15, 0.2) is 5.15 Å². The summed E-state index contributed by atoms with van der Waals surface area (Å²) in [4.78, 5) is 0. The summed E-state index contributed by atoms with van der Waals surface area (Å²) in [6.45, 7) is 1.90. The molecule has 0 aliphatic rings. The van der Waals surface area contributed by atoms with Gasteiger partial charge in [-0.15, -0.1) is 10.2 Å². The summed E-state index contributed by atoms with van der Waals surface area (Å²) in [5, 5.41) is 8.32. The first-order valence-electron chi connectivity index (χ1n) is 4.52. The van der Waals surface area contributed by atoms with E-state index in [2.05, 4.69) is 10.2 Å². The van der Waals surface area contributed by atoms with Crippen molar-refractivity contribution in [2.75, 3.05) is 5.73 Å². The molecule has 1 heterocycles. The van der Waals surface area contributed by atoms with Gasteiger partial charge >= 0.3 is 0 Å². The molecule has 0 radical (unpaired) electrons. The van der Waals surface area contributed by atoms with E-state index in [-0.39, 0.29) is 0 Å². The maximum absolute atomic E-state index is 5.80. The molecule has 2 N–H and O–H groups in total. The second-order valence-corrected chi connectivity index (χ2v) is 3.68. The number of aromatic nitrogens is 2. The Morgan fingerprint density at radius 2 is 1.80 bits per heavy atom. The number of aryl methyl sites for hydroxylation is 1. The van der Waals surface area contributed by atoms with E-state index in [0.717, 1.165) is 22.5 Å². The fraction of sp³-hybridized carbons (Fsp3) is 0.0909. The number of anilines is 1. The molecule has 0 fully saturated rings. The molecule has 0 saturated heterocycles. The van der Waals surface area contributed by atoms with Gasteiger partial charge in [-0.3, -0.25) is 0 Å². The van der Waals surface area contributed by atoms with Crippen molar-refractivity contribution in [3.63, 3.8) is 0 Å². The third-order valence-corrected chi connectivity index (χ3v) is 2.50. The average molecular weight is 220 g/mol. The van der Waals surface area contributed by atoms with Crippen LogP contribution in [0.2, 0.25) is 5.15 Å². The minimum atomic E-state index is 0.439. The fourth-order valence-corrected chi connectivity index (χ4v) is 1.36. The second-order valence-electron chi connectivity index (χ2n) is 3.33. The van der Waals surface area contributed by atoms with Gasteiger partial charge in [0.25, 0.3) is 0 Å². The van der Waals surface area contributed by atoms with Gasteiger partial charge < -0.3 is 5.73 Å². The van der Waals surface area contributed by atoms with E-state index in [0.29, 0.717) is 5.15 Å². The fourth-order valence-electron chi connectivity index (χ4n) is 1.27. The normalized spacial score (nSPS) is 10.3. The van der Waals surface area contributed by atoms with Crippen molar-refractivity contribution in [2.45, 2.75) is 6.92 Å². The lowest BCUT2D eigenvalue weighted by molar-refractivity contribution is 1.02. The zero-order chi connectivity index (χ0) is 10.8. The smallest absolute Gasteiger partial charge is 0.154 e. The van der Waals surface area contributed by atoms with E-state index in [1.54, 1.807) is 0 Å². The molecule has 2 aromatic rings. The molecule has 15 heavy (non-hydrogen) atoms. The summed E-state index contributed by atoms with van der Waals surface area (Å²) < 4.78 is 0. The summed E-state index contributed by atoms with van der Waals surface area (Å²) in [6.07, 6.45) is 0. The van der Waals surface area contributed by atoms with Crippen molar-refractivity contribution in [2.24, 2.45) is 0 Å². The lowest BCUT2D eigenvalue weighted by atomic mass is 10.1. The quantitative estimate of drug-likeness (QED) is 0.751. The van der Waals surface area contributed by atoms with Crippen LogP contribution in [0.4, 0.5) is 5.69 Å². The van der Waals surface area contributed by atoms with Crippen molar-refractivity contribution in [1.29, 1.82) is 0 Å². The van der Waals surface area contributed by atoms with Crippen LogP contribution < -0.4 is 5.73 Å². The number of rotatable bonds is 1. The molecule has 0 saturated carbocycles. The van der Waals surface area contributed by atoms with Crippen LogP contribution in [0.1, 0.15) is 5.56 Å². The van der Waals surface area contributed by atoms with Crippen molar-refractivity contribution >= 4 is 17.3 Å². The van der Waals surface area contributed by atoms with Crippen LogP contribution >= 0.6 is 11.6 Å². The Kier molecular flexibility index (Phi) is 2.56. The highest BCUT2D eigenvalue weighted by Crippen LogP contribution is 2.20. The number of hydrogen-bond donors (Lipinski definition) is 1. The van der Waals surface area contributed by atoms with Gasteiger partial charge in [-0.2, -0.15) is 0 Å². The van der Waals surface area contributed by atoms with Gasteiger partial charge in [0.1, 0.15) is 0 Å². The highest BCUT2D eigenvalue weighted by Gasteiger charge is 2.03. The molecule has 4 heteroatoms. The Balaban J connectivity index is 2.45. The molecule has 0 unspecified atom stereocenters. The molecule has 1 aromatic heterocycles. The average Bonchev–Trinajstić information content (AvgIpc) is 2.23. The molecule has 76 valence electrons. The highest BCUT2D eigenvalue weighted by atomic mass is 35.5. The van der Waals surface area contributed by atoms with Crippen LogP contribution in [0.3, 0.4) is 0 Å². The molecule has 0 bridgehead atoms. The van der Waals surface area contributed by atoms with Crippen LogP contribution in [0.15, 0.2) is 30.3 Å². The SMILES string of the molecule is Cc1cc(-c2ccc(N)cc2)nnc1Cl. The molecule has 0 atom stereocenters. The molecule has 0 spiro atoms. The topological polar surface area (TPSA) is 51.8 Å². The number of nitrogen functional groups attached to an aromatic ring is 1. The summed E-state index contributed by atoms with van der Waals surface area (Å²) in [5.41, 5.74) is 9.04. The van der Waals surface area contributed by atoms with E-state index >= 15 is 0 Å². The standard InChI is InChI=1S/C11H10ClN3/c1-7-6-10(14-15-11(7)12)8-2-4-9(13)5-3-8/h2-6H,13H2,1H3. The maximum atomic E-state index is 5.80. The Labute approximate surface area is 92.9 Å². The zero-order valence-corrected chi connectivity index (χ0v) is 8.99. The number of nitrogens with zero attached hydrogens (tertiary/aromatic N) is 2. The number of nitrogens with two attached hydrogens (primary N) is 1. The predicted molar refractivity (Wildman–Crippen MR) is 61.6 cm³/mol. The third kappa shape index (κ3) is 2.07. The van der Waals surface area contributed by atoms with Gasteiger partial charge in [0.2, 0.25) is 0 Å². The lowest BCUT2D eigenvalue weighted by Crippen LogP contribution is -1.91. The van der Waals surface area contributed by atoms with Crippen LogP contribution in [0, 0.1) is 6.92 Å². The van der Waals surface area contributed by atoms with Crippen molar-refractivity contribution < 1.29 is 0 Å². The van der Waals surface area contributed by atoms with Gasteiger partial charge in [0.05, 0.1) is 5.69 Å². The number of halogens is 1. The van der Waals surface area contributed by atoms with Crippen molar-refractivity contribution in [3.05, 3.63) is 41.0 Å². The van der Waals surface area contributed by atoms with Gasteiger partial charge in [-0.25, -0.2) is 0 Å². The minimum Gasteiger partial charge on any atom is -0.399 e. The third-order valence-electron chi connectivity index (χ3n) is 2.13. The number of hydrogen-bond acceptors (Lipinski definition) is 3.